The normalized spacial score (nSPS) is 27.7. The van der Waals surface area contributed by atoms with Crippen LogP contribution in [0.3, 0.4) is 0 Å². The monoisotopic (exact) mass is 199 g/mol. The molecule has 2 atom stereocenters. The van der Waals surface area contributed by atoms with Crippen LogP contribution in [-0.2, 0) is 9.53 Å². The lowest BCUT2D eigenvalue weighted by Gasteiger charge is -2.22. The van der Waals surface area contributed by atoms with Gasteiger partial charge in [-0.15, -0.1) is 0 Å². The van der Waals surface area contributed by atoms with Crippen LogP contribution in [0.1, 0.15) is 40.5 Å². The van der Waals surface area contributed by atoms with Gasteiger partial charge in [0, 0.05) is 0 Å². The zero-order valence-electron chi connectivity index (χ0n) is 9.59. The number of carbonyl (C=O) groups is 1. The molecule has 0 spiro atoms. The molecular formula is C11H21NO2. The second-order valence-corrected chi connectivity index (χ2v) is 5.00. The molecular weight excluding hydrogens is 178 g/mol. The predicted molar refractivity (Wildman–Crippen MR) is 56.0 cm³/mol. The largest absolute Gasteiger partial charge is 0.459 e. The van der Waals surface area contributed by atoms with E-state index in [1.807, 2.05) is 20.8 Å². The molecule has 0 aromatic carbocycles. The van der Waals surface area contributed by atoms with E-state index >= 15 is 0 Å². The van der Waals surface area contributed by atoms with Crippen molar-refractivity contribution < 1.29 is 9.53 Å². The standard InChI is InChI=1S/C11H21NO2/c1-5-8-6-9(12-7-8)10(13)14-11(2,3)4/h8-9,12H,5-7H2,1-4H3/t8-,9-/m1/s1. The molecule has 1 saturated heterocycles. The molecule has 0 radical (unpaired) electrons. The van der Waals surface area contributed by atoms with Crippen molar-refractivity contribution in [3.05, 3.63) is 0 Å². The first kappa shape index (κ1) is 11.5. The van der Waals surface area contributed by atoms with Gasteiger partial charge in [-0.2, -0.15) is 0 Å². The van der Waals surface area contributed by atoms with Gasteiger partial charge in [0.2, 0.25) is 0 Å². The Kier molecular flexibility index (Phi) is 3.53. The van der Waals surface area contributed by atoms with Crippen LogP contribution in [0.15, 0.2) is 0 Å². The second kappa shape index (κ2) is 4.30. The minimum atomic E-state index is -0.372. The summed E-state index contributed by atoms with van der Waals surface area (Å²) in [6, 6.07) is -0.0841. The topological polar surface area (TPSA) is 38.3 Å². The first-order valence-electron chi connectivity index (χ1n) is 5.38. The van der Waals surface area contributed by atoms with Crippen molar-refractivity contribution in [3.63, 3.8) is 0 Å². The van der Waals surface area contributed by atoms with Gasteiger partial charge in [-0.25, -0.2) is 0 Å². The van der Waals surface area contributed by atoms with Crippen molar-refractivity contribution in [2.45, 2.75) is 52.2 Å². The van der Waals surface area contributed by atoms with Crippen molar-refractivity contribution in [3.8, 4) is 0 Å². The summed E-state index contributed by atoms with van der Waals surface area (Å²) in [5.41, 5.74) is -0.372. The van der Waals surface area contributed by atoms with Crippen LogP contribution in [0.25, 0.3) is 0 Å². The van der Waals surface area contributed by atoms with E-state index in [2.05, 4.69) is 12.2 Å². The lowest BCUT2D eigenvalue weighted by Crippen LogP contribution is -2.37. The Labute approximate surface area is 86.2 Å². The van der Waals surface area contributed by atoms with Gasteiger partial charge in [-0.1, -0.05) is 13.3 Å². The summed E-state index contributed by atoms with van der Waals surface area (Å²) >= 11 is 0. The van der Waals surface area contributed by atoms with Crippen LogP contribution in [0.2, 0.25) is 0 Å². The molecule has 0 aromatic rings. The van der Waals surface area contributed by atoms with Gasteiger partial charge in [-0.05, 0) is 39.7 Å². The summed E-state index contributed by atoms with van der Waals surface area (Å²) in [6.07, 6.45) is 2.05. The molecule has 1 rings (SSSR count). The maximum absolute atomic E-state index is 11.6. The third-order valence-electron chi connectivity index (χ3n) is 2.49. The van der Waals surface area contributed by atoms with E-state index in [1.165, 1.54) is 0 Å². The zero-order chi connectivity index (χ0) is 10.8. The van der Waals surface area contributed by atoms with Gasteiger partial charge < -0.3 is 10.1 Å². The summed E-state index contributed by atoms with van der Waals surface area (Å²) in [5, 5.41) is 3.21. The van der Waals surface area contributed by atoms with E-state index in [9.17, 15) is 4.79 Å². The summed E-state index contributed by atoms with van der Waals surface area (Å²) in [7, 11) is 0. The fourth-order valence-corrected chi connectivity index (χ4v) is 1.67. The molecule has 0 bridgehead atoms. The number of hydrogen-bond acceptors (Lipinski definition) is 3. The minimum Gasteiger partial charge on any atom is -0.459 e. The van der Waals surface area contributed by atoms with Gasteiger partial charge in [0.1, 0.15) is 11.6 Å². The highest BCUT2D eigenvalue weighted by molar-refractivity contribution is 5.76. The molecule has 3 nitrogen and oxygen atoms in total. The first-order valence-corrected chi connectivity index (χ1v) is 5.38. The highest BCUT2D eigenvalue weighted by Gasteiger charge is 2.31. The predicted octanol–water partition coefficient (Wildman–Crippen LogP) is 1.72. The van der Waals surface area contributed by atoms with E-state index < -0.39 is 0 Å². The number of rotatable bonds is 2. The van der Waals surface area contributed by atoms with Crippen LogP contribution in [0, 0.1) is 5.92 Å². The molecule has 1 aliphatic rings. The molecule has 3 heteroatoms. The minimum absolute atomic E-state index is 0.0841. The third kappa shape index (κ3) is 3.29. The van der Waals surface area contributed by atoms with Crippen molar-refractivity contribution >= 4 is 5.97 Å². The van der Waals surface area contributed by atoms with Gasteiger partial charge >= 0.3 is 5.97 Å². The SMILES string of the molecule is CC[C@H]1CN[C@@H](C(=O)OC(C)(C)C)C1. The third-order valence-corrected chi connectivity index (χ3v) is 2.49. The highest BCUT2D eigenvalue weighted by atomic mass is 16.6. The quantitative estimate of drug-likeness (QED) is 0.688. The van der Waals surface area contributed by atoms with E-state index in [-0.39, 0.29) is 17.6 Å². The Bertz CT molecular complexity index is 208. The molecule has 1 N–H and O–H groups in total. The number of nitrogens with one attached hydrogen (secondary N) is 1. The number of ether oxygens (including phenoxy) is 1. The van der Waals surface area contributed by atoms with Gasteiger partial charge in [0.05, 0.1) is 0 Å². The molecule has 0 saturated carbocycles. The Balaban J connectivity index is 2.40. The maximum atomic E-state index is 11.6. The zero-order valence-corrected chi connectivity index (χ0v) is 9.59. The Morgan fingerprint density at radius 3 is 2.57 bits per heavy atom. The van der Waals surface area contributed by atoms with Crippen LogP contribution in [-0.4, -0.2) is 24.2 Å². The van der Waals surface area contributed by atoms with E-state index in [0.29, 0.717) is 5.92 Å². The van der Waals surface area contributed by atoms with Crippen LogP contribution in [0.4, 0.5) is 0 Å². The summed E-state index contributed by atoms with van der Waals surface area (Å²) in [4.78, 5) is 11.6. The van der Waals surface area contributed by atoms with Gasteiger partial charge in [0.25, 0.3) is 0 Å². The summed E-state index contributed by atoms with van der Waals surface area (Å²) in [5.74, 6) is 0.529. The molecule has 0 amide bonds. The lowest BCUT2D eigenvalue weighted by molar-refractivity contribution is -0.157. The molecule has 0 unspecified atom stereocenters. The molecule has 0 aliphatic carbocycles. The highest BCUT2D eigenvalue weighted by Crippen LogP contribution is 2.19. The molecule has 14 heavy (non-hydrogen) atoms. The van der Waals surface area contributed by atoms with E-state index in [4.69, 9.17) is 4.74 Å². The molecule has 1 heterocycles. The van der Waals surface area contributed by atoms with E-state index in [1.54, 1.807) is 0 Å². The summed E-state index contributed by atoms with van der Waals surface area (Å²) < 4.78 is 5.31. The van der Waals surface area contributed by atoms with E-state index in [0.717, 1.165) is 19.4 Å². The van der Waals surface area contributed by atoms with Crippen LogP contribution >= 0.6 is 0 Å². The van der Waals surface area contributed by atoms with Crippen molar-refractivity contribution in [1.82, 2.24) is 5.32 Å². The molecule has 1 fully saturated rings. The Hall–Kier alpha value is -0.570. The smallest absolute Gasteiger partial charge is 0.323 e. The van der Waals surface area contributed by atoms with Crippen molar-refractivity contribution in [2.24, 2.45) is 5.92 Å². The maximum Gasteiger partial charge on any atom is 0.323 e. The number of carbonyl (C=O) groups excluding carboxylic acids is 1. The molecule has 82 valence electrons. The molecule has 1 aliphatic heterocycles. The fourth-order valence-electron chi connectivity index (χ4n) is 1.67. The second-order valence-electron chi connectivity index (χ2n) is 5.00. The van der Waals surface area contributed by atoms with Gasteiger partial charge in [0.15, 0.2) is 0 Å². The van der Waals surface area contributed by atoms with Crippen molar-refractivity contribution in [2.75, 3.05) is 6.54 Å². The Morgan fingerprint density at radius 1 is 1.50 bits per heavy atom. The lowest BCUT2D eigenvalue weighted by atomic mass is 10.0. The van der Waals surface area contributed by atoms with Crippen molar-refractivity contribution in [1.29, 1.82) is 0 Å². The average molecular weight is 199 g/mol. The number of esters is 1. The first-order chi connectivity index (χ1) is 6.42. The average Bonchev–Trinajstić information content (AvgIpc) is 2.48. The Morgan fingerprint density at radius 2 is 2.14 bits per heavy atom. The van der Waals surface area contributed by atoms with Crippen LogP contribution < -0.4 is 5.32 Å². The molecule has 0 aromatic heterocycles. The summed E-state index contributed by atoms with van der Waals surface area (Å²) in [6.45, 7) is 8.80. The van der Waals surface area contributed by atoms with Gasteiger partial charge in [-0.3, -0.25) is 4.79 Å². The van der Waals surface area contributed by atoms with Crippen LogP contribution in [0.5, 0.6) is 0 Å². The fraction of sp³-hybridized carbons (Fsp3) is 0.909. The number of hydrogen-bond donors (Lipinski definition) is 1.